The highest BCUT2D eigenvalue weighted by molar-refractivity contribution is 7.89. The Morgan fingerprint density at radius 3 is 2.55 bits per heavy atom. The molecular formula is C12H13F3N2O2S. The molecule has 8 heteroatoms. The van der Waals surface area contributed by atoms with Crippen molar-refractivity contribution in [2.45, 2.75) is 35.9 Å². The number of hydrogen-bond acceptors (Lipinski definition) is 3. The van der Waals surface area contributed by atoms with Gasteiger partial charge in [-0.15, -0.1) is 0 Å². The van der Waals surface area contributed by atoms with E-state index in [1.165, 1.54) is 12.1 Å². The standard InChI is InChI=1S/C12H13F3N2O2S/c13-12(14,15)11(4-5-11)17-20(18,19)9-1-2-10-8(7-9)3-6-16-10/h1-2,7,16-17H,3-6H2. The van der Waals surface area contributed by atoms with Gasteiger partial charge in [-0.1, -0.05) is 0 Å². The Balaban J connectivity index is 1.90. The van der Waals surface area contributed by atoms with Crippen LogP contribution in [0.3, 0.4) is 0 Å². The summed E-state index contributed by atoms with van der Waals surface area (Å²) in [6, 6.07) is 4.35. The lowest BCUT2D eigenvalue weighted by atomic mass is 10.2. The van der Waals surface area contributed by atoms with Crippen molar-refractivity contribution in [3.05, 3.63) is 23.8 Å². The van der Waals surface area contributed by atoms with Crippen LogP contribution in [0.4, 0.5) is 18.9 Å². The van der Waals surface area contributed by atoms with Gasteiger partial charge in [-0.3, -0.25) is 0 Å². The van der Waals surface area contributed by atoms with Gasteiger partial charge in [0.15, 0.2) is 0 Å². The van der Waals surface area contributed by atoms with Gasteiger partial charge >= 0.3 is 6.18 Å². The Kier molecular flexibility index (Phi) is 2.81. The largest absolute Gasteiger partial charge is 0.407 e. The van der Waals surface area contributed by atoms with Crippen molar-refractivity contribution < 1.29 is 21.6 Å². The second kappa shape index (κ2) is 4.11. The van der Waals surface area contributed by atoms with E-state index in [-0.39, 0.29) is 17.7 Å². The lowest BCUT2D eigenvalue weighted by Gasteiger charge is -2.20. The molecule has 1 fully saturated rings. The lowest BCUT2D eigenvalue weighted by molar-refractivity contribution is -0.160. The van der Waals surface area contributed by atoms with E-state index in [4.69, 9.17) is 0 Å². The number of anilines is 1. The van der Waals surface area contributed by atoms with E-state index in [9.17, 15) is 21.6 Å². The van der Waals surface area contributed by atoms with Crippen LogP contribution in [-0.2, 0) is 16.4 Å². The van der Waals surface area contributed by atoms with Gasteiger partial charge in [-0.2, -0.15) is 17.9 Å². The first kappa shape index (κ1) is 13.7. The third kappa shape index (κ3) is 2.16. The highest BCUT2D eigenvalue weighted by Gasteiger charge is 2.65. The molecule has 2 aliphatic rings. The summed E-state index contributed by atoms with van der Waals surface area (Å²) in [5.41, 5.74) is -0.631. The summed E-state index contributed by atoms with van der Waals surface area (Å²) < 4.78 is 64.5. The first-order valence-electron chi connectivity index (χ1n) is 6.21. The second-order valence-corrected chi connectivity index (χ2v) is 6.86. The average molecular weight is 306 g/mol. The minimum Gasteiger partial charge on any atom is -0.384 e. The number of nitrogens with one attached hydrogen (secondary N) is 2. The molecule has 3 rings (SSSR count). The SMILES string of the molecule is O=S(=O)(NC1(C(F)(F)F)CC1)c1ccc2c(c1)CCN2. The Morgan fingerprint density at radius 2 is 1.95 bits per heavy atom. The summed E-state index contributed by atoms with van der Waals surface area (Å²) in [7, 11) is -4.16. The quantitative estimate of drug-likeness (QED) is 0.898. The maximum absolute atomic E-state index is 12.8. The van der Waals surface area contributed by atoms with E-state index >= 15 is 0 Å². The van der Waals surface area contributed by atoms with Crippen molar-refractivity contribution in [1.29, 1.82) is 0 Å². The smallest absolute Gasteiger partial charge is 0.384 e. The number of sulfonamides is 1. The van der Waals surface area contributed by atoms with Crippen LogP contribution in [0.5, 0.6) is 0 Å². The Hall–Kier alpha value is -1.28. The van der Waals surface area contributed by atoms with Crippen molar-refractivity contribution >= 4 is 15.7 Å². The predicted octanol–water partition coefficient (Wildman–Crippen LogP) is 2.03. The lowest BCUT2D eigenvalue weighted by Crippen LogP contribution is -2.47. The normalized spacial score (nSPS) is 20.4. The molecule has 1 aromatic rings. The van der Waals surface area contributed by atoms with Crippen LogP contribution in [0.25, 0.3) is 0 Å². The van der Waals surface area contributed by atoms with Gasteiger partial charge in [-0.25, -0.2) is 8.42 Å². The van der Waals surface area contributed by atoms with Crippen molar-refractivity contribution in [1.82, 2.24) is 4.72 Å². The molecule has 1 aliphatic heterocycles. The monoisotopic (exact) mass is 306 g/mol. The number of benzene rings is 1. The van der Waals surface area contributed by atoms with Crippen LogP contribution in [0.1, 0.15) is 18.4 Å². The first-order chi connectivity index (χ1) is 9.24. The summed E-state index contributed by atoms with van der Waals surface area (Å²) in [6.07, 6.45) is -4.30. The molecule has 1 aliphatic carbocycles. The third-order valence-electron chi connectivity index (χ3n) is 3.72. The number of hydrogen-bond donors (Lipinski definition) is 2. The van der Waals surface area contributed by atoms with Gasteiger partial charge in [-0.05, 0) is 43.0 Å². The molecule has 0 saturated heterocycles. The predicted molar refractivity (Wildman–Crippen MR) is 67.0 cm³/mol. The Morgan fingerprint density at radius 1 is 1.25 bits per heavy atom. The summed E-state index contributed by atoms with van der Waals surface area (Å²) >= 11 is 0. The number of fused-ring (bicyclic) bond motifs is 1. The third-order valence-corrected chi connectivity index (χ3v) is 5.25. The van der Waals surface area contributed by atoms with E-state index in [2.05, 4.69) is 5.32 Å². The van der Waals surface area contributed by atoms with Crippen molar-refractivity contribution in [3.8, 4) is 0 Å². The van der Waals surface area contributed by atoms with E-state index in [1.807, 2.05) is 4.72 Å². The summed E-state index contributed by atoms with van der Waals surface area (Å²) in [6.45, 7) is 0.707. The van der Waals surface area contributed by atoms with Gasteiger partial charge < -0.3 is 5.32 Å². The molecule has 0 atom stereocenters. The van der Waals surface area contributed by atoms with Crippen molar-refractivity contribution in [2.24, 2.45) is 0 Å². The fourth-order valence-electron chi connectivity index (χ4n) is 2.33. The van der Waals surface area contributed by atoms with Gasteiger partial charge in [0.25, 0.3) is 0 Å². The van der Waals surface area contributed by atoms with Crippen molar-refractivity contribution in [3.63, 3.8) is 0 Å². The highest BCUT2D eigenvalue weighted by Crippen LogP contribution is 2.49. The first-order valence-corrected chi connectivity index (χ1v) is 7.69. The Labute approximate surface area is 114 Å². The van der Waals surface area contributed by atoms with Crippen LogP contribution < -0.4 is 10.0 Å². The van der Waals surface area contributed by atoms with E-state index in [0.717, 1.165) is 11.3 Å². The van der Waals surface area contributed by atoms with Gasteiger partial charge in [0.1, 0.15) is 5.54 Å². The minimum atomic E-state index is -4.56. The average Bonchev–Trinajstić information content (AvgIpc) is 2.98. The maximum Gasteiger partial charge on any atom is 0.407 e. The zero-order valence-electron chi connectivity index (χ0n) is 10.4. The zero-order valence-corrected chi connectivity index (χ0v) is 11.2. The summed E-state index contributed by atoms with van der Waals surface area (Å²) in [4.78, 5) is -0.115. The molecule has 0 amide bonds. The highest BCUT2D eigenvalue weighted by atomic mass is 32.2. The fraction of sp³-hybridized carbons (Fsp3) is 0.500. The topological polar surface area (TPSA) is 58.2 Å². The molecule has 0 unspecified atom stereocenters. The van der Waals surface area contributed by atoms with Crippen LogP contribution in [0.15, 0.2) is 23.1 Å². The number of halogens is 3. The molecule has 110 valence electrons. The van der Waals surface area contributed by atoms with Crippen LogP contribution in [0, 0.1) is 0 Å². The molecule has 1 aromatic carbocycles. The molecule has 2 N–H and O–H groups in total. The summed E-state index contributed by atoms with van der Waals surface area (Å²) in [5.74, 6) is 0. The number of alkyl halides is 3. The zero-order chi connectivity index (χ0) is 14.6. The van der Waals surface area contributed by atoms with E-state index in [1.54, 1.807) is 6.07 Å². The van der Waals surface area contributed by atoms with Gasteiger partial charge in [0.2, 0.25) is 10.0 Å². The molecule has 1 heterocycles. The molecule has 0 aromatic heterocycles. The van der Waals surface area contributed by atoms with Crippen LogP contribution in [-0.4, -0.2) is 26.7 Å². The molecule has 0 spiro atoms. The van der Waals surface area contributed by atoms with E-state index < -0.39 is 21.7 Å². The van der Waals surface area contributed by atoms with Crippen LogP contribution in [0.2, 0.25) is 0 Å². The molecule has 0 radical (unpaired) electrons. The molecule has 20 heavy (non-hydrogen) atoms. The van der Waals surface area contributed by atoms with Gasteiger partial charge in [0.05, 0.1) is 4.90 Å². The van der Waals surface area contributed by atoms with Gasteiger partial charge in [0, 0.05) is 12.2 Å². The number of rotatable bonds is 3. The van der Waals surface area contributed by atoms with E-state index in [0.29, 0.717) is 13.0 Å². The molecule has 4 nitrogen and oxygen atoms in total. The minimum absolute atomic E-state index is 0.115. The Bertz CT molecular complexity index is 651. The molecular weight excluding hydrogens is 293 g/mol. The maximum atomic E-state index is 12.8. The summed E-state index contributed by atoms with van der Waals surface area (Å²) in [5, 5.41) is 3.07. The van der Waals surface area contributed by atoms with Crippen molar-refractivity contribution in [2.75, 3.05) is 11.9 Å². The molecule has 1 saturated carbocycles. The molecule has 0 bridgehead atoms. The second-order valence-electron chi connectivity index (χ2n) is 5.18. The fourth-order valence-corrected chi connectivity index (χ4v) is 3.83. The van der Waals surface area contributed by atoms with Crippen LogP contribution >= 0.6 is 0 Å².